The summed E-state index contributed by atoms with van der Waals surface area (Å²) in [6.07, 6.45) is 1.51. The van der Waals surface area contributed by atoms with Crippen molar-refractivity contribution in [3.8, 4) is 5.75 Å². The SMILES string of the molecule is O=C(c1ccccc1F)N(Cc1ccco1)Cc1ccccc1O. The van der Waals surface area contributed by atoms with Gasteiger partial charge in [-0.1, -0.05) is 30.3 Å². The Hall–Kier alpha value is -3.08. The van der Waals surface area contributed by atoms with Crippen molar-refractivity contribution in [2.24, 2.45) is 0 Å². The van der Waals surface area contributed by atoms with Gasteiger partial charge in [0.1, 0.15) is 17.3 Å². The molecule has 0 saturated heterocycles. The van der Waals surface area contributed by atoms with Crippen molar-refractivity contribution in [3.05, 3.63) is 89.6 Å². The molecule has 0 radical (unpaired) electrons. The van der Waals surface area contributed by atoms with Gasteiger partial charge in [0.15, 0.2) is 0 Å². The van der Waals surface area contributed by atoms with Crippen LogP contribution >= 0.6 is 0 Å². The number of hydrogen-bond donors (Lipinski definition) is 1. The minimum Gasteiger partial charge on any atom is -0.508 e. The smallest absolute Gasteiger partial charge is 0.257 e. The molecule has 0 spiro atoms. The maximum absolute atomic E-state index is 14.0. The second kappa shape index (κ2) is 7.00. The molecule has 0 aliphatic carbocycles. The highest BCUT2D eigenvalue weighted by molar-refractivity contribution is 5.94. The number of carbonyl (C=O) groups is 1. The summed E-state index contributed by atoms with van der Waals surface area (Å²) in [7, 11) is 0. The van der Waals surface area contributed by atoms with E-state index in [0.29, 0.717) is 11.3 Å². The first kappa shape index (κ1) is 15.8. The van der Waals surface area contributed by atoms with E-state index in [1.807, 2.05) is 0 Å². The zero-order valence-corrected chi connectivity index (χ0v) is 12.9. The molecule has 1 aromatic heterocycles. The molecule has 0 unspecified atom stereocenters. The minimum atomic E-state index is -0.579. The molecule has 3 aromatic rings. The highest BCUT2D eigenvalue weighted by atomic mass is 19.1. The van der Waals surface area contributed by atoms with Crippen LogP contribution in [0.25, 0.3) is 0 Å². The van der Waals surface area contributed by atoms with E-state index in [-0.39, 0.29) is 24.4 Å². The van der Waals surface area contributed by atoms with Gasteiger partial charge in [-0.2, -0.15) is 0 Å². The number of hydrogen-bond acceptors (Lipinski definition) is 3. The number of aromatic hydroxyl groups is 1. The van der Waals surface area contributed by atoms with Gasteiger partial charge in [0.2, 0.25) is 0 Å². The number of furan rings is 1. The van der Waals surface area contributed by atoms with E-state index >= 15 is 0 Å². The van der Waals surface area contributed by atoms with Crippen LogP contribution in [0.1, 0.15) is 21.7 Å². The zero-order chi connectivity index (χ0) is 16.9. The Balaban J connectivity index is 1.91. The lowest BCUT2D eigenvalue weighted by Crippen LogP contribution is -2.30. The number of rotatable bonds is 5. The van der Waals surface area contributed by atoms with E-state index in [2.05, 4.69) is 0 Å². The summed E-state index contributed by atoms with van der Waals surface area (Å²) >= 11 is 0. The van der Waals surface area contributed by atoms with Crippen LogP contribution in [0.4, 0.5) is 4.39 Å². The molecule has 5 heteroatoms. The number of nitrogens with zero attached hydrogens (tertiary/aromatic N) is 1. The lowest BCUT2D eigenvalue weighted by Gasteiger charge is -2.22. The Morgan fingerprint density at radius 1 is 1.00 bits per heavy atom. The summed E-state index contributed by atoms with van der Waals surface area (Å²) < 4.78 is 19.3. The summed E-state index contributed by atoms with van der Waals surface area (Å²) in [6.45, 7) is 0.315. The van der Waals surface area contributed by atoms with Gasteiger partial charge in [0.05, 0.1) is 24.9 Å². The molecule has 0 fully saturated rings. The number of benzene rings is 2. The third-order valence-corrected chi connectivity index (χ3v) is 3.67. The largest absolute Gasteiger partial charge is 0.508 e. The molecule has 4 nitrogen and oxygen atoms in total. The van der Waals surface area contributed by atoms with E-state index in [4.69, 9.17) is 4.42 Å². The quantitative estimate of drug-likeness (QED) is 0.772. The number of halogens is 1. The molecule has 122 valence electrons. The Morgan fingerprint density at radius 2 is 1.75 bits per heavy atom. The van der Waals surface area contributed by atoms with Crippen LogP contribution < -0.4 is 0 Å². The molecule has 1 N–H and O–H groups in total. The summed E-state index contributed by atoms with van der Waals surface area (Å²) in [6, 6.07) is 16.0. The van der Waals surface area contributed by atoms with Crippen LogP contribution in [-0.2, 0) is 13.1 Å². The Kier molecular flexibility index (Phi) is 4.61. The molecule has 24 heavy (non-hydrogen) atoms. The highest BCUT2D eigenvalue weighted by Crippen LogP contribution is 2.21. The first-order valence-corrected chi connectivity index (χ1v) is 7.48. The number of phenolic OH excluding ortho intramolecular Hbond substituents is 1. The van der Waals surface area contributed by atoms with Crippen LogP contribution in [0.15, 0.2) is 71.3 Å². The molecule has 0 bridgehead atoms. The van der Waals surface area contributed by atoms with Crippen molar-refractivity contribution in [3.63, 3.8) is 0 Å². The monoisotopic (exact) mass is 325 g/mol. The zero-order valence-electron chi connectivity index (χ0n) is 12.9. The van der Waals surface area contributed by atoms with E-state index in [1.54, 1.807) is 42.5 Å². The lowest BCUT2D eigenvalue weighted by molar-refractivity contribution is 0.0712. The topological polar surface area (TPSA) is 53.7 Å². The van der Waals surface area contributed by atoms with Gasteiger partial charge in [-0.15, -0.1) is 0 Å². The Bertz CT molecular complexity index is 830. The fourth-order valence-corrected chi connectivity index (χ4v) is 2.45. The van der Waals surface area contributed by atoms with Crippen LogP contribution in [0.3, 0.4) is 0 Å². The van der Waals surface area contributed by atoms with Gasteiger partial charge >= 0.3 is 0 Å². The van der Waals surface area contributed by atoms with E-state index in [0.717, 1.165) is 0 Å². The van der Waals surface area contributed by atoms with Crippen molar-refractivity contribution in [1.82, 2.24) is 4.90 Å². The van der Waals surface area contributed by atoms with Crippen molar-refractivity contribution < 1.29 is 18.7 Å². The predicted molar refractivity (Wildman–Crippen MR) is 86.8 cm³/mol. The predicted octanol–water partition coefficient (Wildman–Crippen LogP) is 3.97. The molecule has 3 rings (SSSR count). The third-order valence-electron chi connectivity index (χ3n) is 3.67. The van der Waals surface area contributed by atoms with Gasteiger partial charge in [-0.3, -0.25) is 4.79 Å². The van der Waals surface area contributed by atoms with Gasteiger partial charge < -0.3 is 14.4 Å². The molecule has 0 aliphatic heterocycles. The Labute approximate surface area is 138 Å². The van der Waals surface area contributed by atoms with Crippen LogP contribution in [0.5, 0.6) is 5.75 Å². The summed E-state index contributed by atoms with van der Waals surface area (Å²) in [5.41, 5.74) is 0.563. The van der Waals surface area contributed by atoms with Crippen LogP contribution in [-0.4, -0.2) is 15.9 Å². The molecule has 1 heterocycles. The average Bonchev–Trinajstić information content (AvgIpc) is 3.09. The van der Waals surface area contributed by atoms with Crippen molar-refractivity contribution in [2.75, 3.05) is 0 Å². The normalized spacial score (nSPS) is 10.5. The standard InChI is InChI=1S/C19H16FNO3/c20-17-9-3-2-8-16(17)19(23)21(13-15-7-5-11-24-15)12-14-6-1-4-10-18(14)22/h1-11,22H,12-13H2. The average molecular weight is 325 g/mol. The molecule has 0 saturated carbocycles. The van der Waals surface area contributed by atoms with Crippen molar-refractivity contribution in [1.29, 1.82) is 0 Å². The van der Waals surface area contributed by atoms with Gasteiger partial charge in [0, 0.05) is 5.56 Å². The van der Waals surface area contributed by atoms with E-state index in [9.17, 15) is 14.3 Å². The van der Waals surface area contributed by atoms with E-state index < -0.39 is 11.7 Å². The van der Waals surface area contributed by atoms with Crippen LogP contribution in [0.2, 0.25) is 0 Å². The summed E-state index contributed by atoms with van der Waals surface area (Å²) in [5.74, 6) is -0.379. The highest BCUT2D eigenvalue weighted by Gasteiger charge is 2.21. The van der Waals surface area contributed by atoms with E-state index in [1.165, 1.54) is 29.4 Å². The second-order valence-electron chi connectivity index (χ2n) is 5.35. The fraction of sp³-hybridized carbons (Fsp3) is 0.105. The Morgan fingerprint density at radius 3 is 2.46 bits per heavy atom. The summed E-state index contributed by atoms with van der Waals surface area (Å²) in [4.78, 5) is 14.2. The van der Waals surface area contributed by atoms with Gasteiger partial charge in [0.25, 0.3) is 5.91 Å². The number of para-hydroxylation sites is 1. The first-order valence-electron chi connectivity index (χ1n) is 7.48. The fourth-order valence-electron chi connectivity index (χ4n) is 2.45. The lowest BCUT2D eigenvalue weighted by atomic mass is 10.1. The maximum Gasteiger partial charge on any atom is 0.257 e. The number of amides is 1. The molecule has 0 atom stereocenters. The van der Waals surface area contributed by atoms with Crippen LogP contribution in [0, 0.1) is 5.82 Å². The maximum atomic E-state index is 14.0. The third kappa shape index (κ3) is 3.46. The molecule has 2 aromatic carbocycles. The van der Waals surface area contributed by atoms with Crippen molar-refractivity contribution >= 4 is 5.91 Å². The minimum absolute atomic E-state index is 0.0144. The molecular formula is C19H16FNO3. The van der Waals surface area contributed by atoms with Crippen molar-refractivity contribution in [2.45, 2.75) is 13.1 Å². The molecular weight excluding hydrogens is 309 g/mol. The second-order valence-corrected chi connectivity index (χ2v) is 5.35. The number of carbonyl (C=O) groups excluding carboxylic acids is 1. The molecule has 0 aliphatic rings. The first-order chi connectivity index (χ1) is 11.6. The summed E-state index contributed by atoms with van der Waals surface area (Å²) in [5, 5.41) is 9.96. The molecule has 1 amide bonds. The number of phenols is 1. The van der Waals surface area contributed by atoms with Gasteiger partial charge in [-0.05, 0) is 30.3 Å². The van der Waals surface area contributed by atoms with Gasteiger partial charge in [-0.25, -0.2) is 4.39 Å².